The molecule has 2 atom stereocenters. The Balaban J connectivity index is 1.91. The number of hydrogen-bond acceptors (Lipinski definition) is 2. The molecule has 18 heavy (non-hydrogen) atoms. The number of nitrogens with one attached hydrogen (secondary N) is 1. The first-order valence-corrected chi connectivity index (χ1v) is 7.31. The average Bonchev–Trinajstić information content (AvgIpc) is 2.85. The van der Waals surface area contributed by atoms with E-state index in [1.54, 1.807) is 0 Å². The van der Waals surface area contributed by atoms with Gasteiger partial charge in [-0.3, -0.25) is 0 Å². The van der Waals surface area contributed by atoms with E-state index in [4.69, 9.17) is 4.74 Å². The van der Waals surface area contributed by atoms with E-state index < -0.39 is 5.92 Å². The topological polar surface area (TPSA) is 21.3 Å². The van der Waals surface area contributed by atoms with Crippen LogP contribution in [-0.4, -0.2) is 31.7 Å². The zero-order valence-corrected chi connectivity index (χ0v) is 11.3. The molecule has 2 unspecified atom stereocenters. The van der Waals surface area contributed by atoms with Crippen LogP contribution in [0.25, 0.3) is 0 Å². The van der Waals surface area contributed by atoms with E-state index >= 15 is 0 Å². The molecule has 2 fully saturated rings. The predicted molar refractivity (Wildman–Crippen MR) is 67.9 cm³/mol. The van der Waals surface area contributed by atoms with E-state index in [1.165, 1.54) is 0 Å². The van der Waals surface area contributed by atoms with Gasteiger partial charge in [0.15, 0.2) is 0 Å². The first-order valence-electron chi connectivity index (χ1n) is 7.31. The fourth-order valence-electron chi connectivity index (χ4n) is 3.29. The van der Waals surface area contributed by atoms with E-state index in [1.807, 2.05) is 0 Å². The molecule has 0 bridgehead atoms. The van der Waals surface area contributed by atoms with Gasteiger partial charge in [-0.15, -0.1) is 0 Å². The standard InChI is InChI=1S/C14H25F2NO/c1-2-8-17-13(12-5-9-18-10-12)11-3-6-14(15,16)7-4-11/h11-13,17H,2-10H2,1H3. The Labute approximate surface area is 108 Å². The minimum absolute atomic E-state index is 0.0650. The summed E-state index contributed by atoms with van der Waals surface area (Å²) in [6.07, 6.45) is 3.61. The first kappa shape index (κ1) is 14.2. The summed E-state index contributed by atoms with van der Waals surface area (Å²) in [4.78, 5) is 0. The van der Waals surface area contributed by atoms with Gasteiger partial charge >= 0.3 is 0 Å². The fraction of sp³-hybridized carbons (Fsp3) is 1.00. The number of hydrogen-bond donors (Lipinski definition) is 1. The van der Waals surface area contributed by atoms with Crippen molar-refractivity contribution in [3.63, 3.8) is 0 Å². The highest BCUT2D eigenvalue weighted by Crippen LogP contribution is 2.39. The van der Waals surface area contributed by atoms with Gasteiger partial charge in [0.2, 0.25) is 5.92 Å². The second-order valence-corrected chi connectivity index (χ2v) is 5.80. The van der Waals surface area contributed by atoms with Crippen LogP contribution >= 0.6 is 0 Å². The smallest absolute Gasteiger partial charge is 0.248 e. The molecule has 2 nitrogen and oxygen atoms in total. The highest BCUT2D eigenvalue weighted by molar-refractivity contribution is 4.89. The molecule has 2 rings (SSSR count). The summed E-state index contributed by atoms with van der Waals surface area (Å²) in [5.41, 5.74) is 0. The van der Waals surface area contributed by atoms with Gasteiger partial charge in [0.05, 0.1) is 6.61 Å². The summed E-state index contributed by atoms with van der Waals surface area (Å²) in [7, 11) is 0. The van der Waals surface area contributed by atoms with Crippen LogP contribution in [0.1, 0.15) is 45.4 Å². The molecule has 0 aromatic heterocycles. The van der Waals surface area contributed by atoms with Crippen molar-refractivity contribution in [1.29, 1.82) is 0 Å². The summed E-state index contributed by atoms with van der Waals surface area (Å²) < 4.78 is 31.9. The van der Waals surface area contributed by atoms with Gasteiger partial charge in [0.25, 0.3) is 0 Å². The summed E-state index contributed by atoms with van der Waals surface area (Å²) in [5.74, 6) is -1.49. The van der Waals surface area contributed by atoms with E-state index in [0.717, 1.165) is 32.6 Å². The van der Waals surface area contributed by atoms with Gasteiger partial charge < -0.3 is 10.1 Å². The van der Waals surface area contributed by atoms with E-state index in [9.17, 15) is 8.78 Å². The summed E-state index contributed by atoms with van der Waals surface area (Å²) in [5, 5.41) is 3.58. The lowest BCUT2D eigenvalue weighted by Gasteiger charge is -2.37. The van der Waals surface area contributed by atoms with Crippen LogP contribution in [0, 0.1) is 11.8 Å². The molecule has 0 amide bonds. The normalized spacial score (nSPS) is 30.5. The highest BCUT2D eigenvalue weighted by atomic mass is 19.3. The van der Waals surface area contributed by atoms with Gasteiger partial charge in [0.1, 0.15) is 0 Å². The van der Waals surface area contributed by atoms with E-state index in [-0.39, 0.29) is 12.8 Å². The molecule has 1 saturated heterocycles. The van der Waals surface area contributed by atoms with Crippen LogP contribution in [0.3, 0.4) is 0 Å². The molecule has 1 aliphatic carbocycles. The molecule has 1 aliphatic heterocycles. The van der Waals surface area contributed by atoms with Crippen LogP contribution in [0.2, 0.25) is 0 Å². The van der Waals surface area contributed by atoms with Crippen molar-refractivity contribution in [1.82, 2.24) is 5.32 Å². The minimum Gasteiger partial charge on any atom is -0.381 e. The van der Waals surface area contributed by atoms with Gasteiger partial charge in [-0.25, -0.2) is 8.78 Å². The molecule has 1 heterocycles. The number of halogens is 2. The second kappa shape index (κ2) is 6.29. The molecule has 2 aliphatic rings. The van der Waals surface area contributed by atoms with Gasteiger partial charge in [0, 0.05) is 31.4 Å². The fourth-order valence-corrected chi connectivity index (χ4v) is 3.29. The van der Waals surface area contributed by atoms with Crippen molar-refractivity contribution in [2.75, 3.05) is 19.8 Å². The summed E-state index contributed by atoms with van der Waals surface area (Å²) in [6, 6.07) is 0.378. The Bertz CT molecular complexity index is 244. The molecule has 1 saturated carbocycles. The maximum absolute atomic E-state index is 13.2. The SMILES string of the molecule is CCCNC(C1CCC(F)(F)CC1)C1CCOC1. The molecular formula is C14H25F2NO. The number of rotatable bonds is 5. The average molecular weight is 261 g/mol. The minimum atomic E-state index is -2.42. The van der Waals surface area contributed by atoms with E-state index in [2.05, 4.69) is 12.2 Å². The Kier molecular flexibility index (Phi) is 4.96. The lowest BCUT2D eigenvalue weighted by molar-refractivity contribution is -0.0521. The largest absolute Gasteiger partial charge is 0.381 e. The molecular weight excluding hydrogens is 236 g/mol. The monoisotopic (exact) mass is 261 g/mol. The van der Waals surface area contributed by atoms with Crippen molar-refractivity contribution in [3.05, 3.63) is 0 Å². The first-order chi connectivity index (χ1) is 8.62. The van der Waals surface area contributed by atoms with Gasteiger partial charge in [-0.1, -0.05) is 6.92 Å². The Hall–Kier alpha value is -0.220. The molecule has 0 aromatic carbocycles. The van der Waals surface area contributed by atoms with Crippen LogP contribution in [0.4, 0.5) is 8.78 Å². The van der Waals surface area contributed by atoms with Gasteiger partial charge in [-0.05, 0) is 38.1 Å². The van der Waals surface area contributed by atoms with Crippen molar-refractivity contribution in [2.45, 2.75) is 57.4 Å². The third-order valence-corrected chi connectivity index (χ3v) is 4.37. The summed E-state index contributed by atoms with van der Waals surface area (Å²) in [6.45, 7) is 4.75. The lowest BCUT2D eigenvalue weighted by atomic mass is 9.77. The van der Waals surface area contributed by atoms with Crippen molar-refractivity contribution in [2.24, 2.45) is 11.8 Å². The maximum Gasteiger partial charge on any atom is 0.248 e. The second-order valence-electron chi connectivity index (χ2n) is 5.80. The van der Waals surface area contributed by atoms with Crippen LogP contribution < -0.4 is 5.32 Å². The van der Waals surface area contributed by atoms with Crippen molar-refractivity contribution < 1.29 is 13.5 Å². The van der Waals surface area contributed by atoms with E-state index in [0.29, 0.717) is 30.7 Å². The molecule has 106 valence electrons. The van der Waals surface area contributed by atoms with Crippen molar-refractivity contribution >= 4 is 0 Å². The molecule has 1 N–H and O–H groups in total. The lowest BCUT2D eigenvalue weighted by Crippen LogP contribution is -2.45. The third-order valence-electron chi connectivity index (χ3n) is 4.37. The Morgan fingerprint density at radius 1 is 1.22 bits per heavy atom. The molecule has 0 aromatic rings. The Morgan fingerprint density at radius 2 is 1.94 bits per heavy atom. The molecule has 0 radical (unpaired) electrons. The van der Waals surface area contributed by atoms with Crippen LogP contribution in [0.5, 0.6) is 0 Å². The zero-order valence-electron chi connectivity index (χ0n) is 11.3. The Morgan fingerprint density at radius 3 is 2.50 bits per heavy atom. The third kappa shape index (κ3) is 3.64. The number of ether oxygens (including phenoxy) is 1. The summed E-state index contributed by atoms with van der Waals surface area (Å²) >= 11 is 0. The van der Waals surface area contributed by atoms with Gasteiger partial charge in [-0.2, -0.15) is 0 Å². The highest BCUT2D eigenvalue weighted by Gasteiger charge is 2.40. The predicted octanol–water partition coefficient (Wildman–Crippen LogP) is 3.22. The molecule has 4 heteroatoms. The van der Waals surface area contributed by atoms with Crippen molar-refractivity contribution in [3.8, 4) is 0 Å². The molecule has 0 spiro atoms. The number of alkyl halides is 2. The maximum atomic E-state index is 13.2. The quantitative estimate of drug-likeness (QED) is 0.820. The van der Waals surface area contributed by atoms with Crippen LogP contribution in [-0.2, 0) is 4.74 Å². The zero-order chi connectivity index (χ0) is 13.0. The van der Waals surface area contributed by atoms with Crippen LogP contribution in [0.15, 0.2) is 0 Å².